The van der Waals surface area contributed by atoms with Crippen LogP contribution in [0.3, 0.4) is 0 Å². The van der Waals surface area contributed by atoms with E-state index in [1.54, 1.807) is 21.3 Å². The van der Waals surface area contributed by atoms with Gasteiger partial charge in [0.25, 0.3) is 10.1 Å². The molecule has 0 spiro atoms. The monoisotopic (exact) mass is 411 g/mol. The van der Waals surface area contributed by atoms with Crippen molar-refractivity contribution in [1.82, 2.24) is 0 Å². The van der Waals surface area contributed by atoms with E-state index in [9.17, 15) is 13.2 Å². The van der Waals surface area contributed by atoms with Crippen LogP contribution in [0.2, 0.25) is 6.04 Å². The summed E-state index contributed by atoms with van der Waals surface area (Å²) in [5, 5.41) is 0. The third kappa shape index (κ3) is 4.72. The molecule has 0 saturated heterocycles. The van der Waals surface area contributed by atoms with Crippen molar-refractivity contribution < 1.29 is 31.0 Å². The van der Waals surface area contributed by atoms with Crippen LogP contribution in [0.5, 0.6) is 0 Å². The molecule has 2 bridgehead atoms. The molecule has 0 amide bonds. The Kier molecular flexibility index (Phi) is 7.98. The Morgan fingerprint density at radius 3 is 2.08 bits per heavy atom. The van der Waals surface area contributed by atoms with E-state index in [0.717, 1.165) is 18.9 Å². The van der Waals surface area contributed by atoms with E-state index in [0.29, 0.717) is 19.4 Å². The Labute approximate surface area is 157 Å². The second-order valence-electron chi connectivity index (χ2n) is 7.58. The second kappa shape index (κ2) is 8.76. The molecule has 0 radical (unpaired) electrons. The predicted molar refractivity (Wildman–Crippen MR) is 100 cm³/mol. The minimum absolute atomic E-state index is 0.0152. The fraction of sp³-hybridized carbons (Fsp3) is 0.938. The van der Waals surface area contributed by atoms with Gasteiger partial charge in [0.2, 0.25) is 0 Å². The highest BCUT2D eigenvalue weighted by atomic mass is 32.2. The van der Waals surface area contributed by atoms with Gasteiger partial charge in [0.1, 0.15) is 5.78 Å². The Bertz CT molecular complexity index is 583. The van der Waals surface area contributed by atoms with Crippen molar-refractivity contribution in [3.05, 3.63) is 0 Å². The van der Waals surface area contributed by atoms with Gasteiger partial charge in [-0.15, -0.1) is 0 Å². The van der Waals surface area contributed by atoms with E-state index >= 15 is 0 Å². The fourth-order valence-electron chi connectivity index (χ4n) is 4.29. The van der Waals surface area contributed by atoms with Crippen molar-refractivity contribution >= 4 is 24.7 Å². The average molecular weight is 412 g/mol. The Morgan fingerprint density at radius 2 is 1.77 bits per heavy atom. The third-order valence-electron chi connectivity index (χ3n) is 6.19. The first-order valence-corrected chi connectivity index (χ1v) is 12.3. The van der Waals surface area contributed by atoms with E-state index in [1.165, 1.54) is 0 Å². The minimum Gasteiger partial charge on any atom is -0.377 e. The number of Topliss-reactive ketones (excluding diaryl/α,β-unsaturated/α-hetero) is 1. The molecule has 26 heavy (non-hydrogen) atoms. The van der Waals surface area contributed by atoms with E-state index in [1.807, 2.05) is 13.8 Å². The first-order valence-electron chi connectivity index (χ1n) is 8.77. The van der Waals surface area contributed by atoms with Crippen LogP contribution < -0.4 is 5.73 Å². The molecule has 10 heteroatoms. The molecule has 2 saturated carbocycles. The first-order chi connectivity index (χ1) is 11.9. The van der Waals surface area contributed by atoms with Crippen molar-refractivity contribution in [2.24, 2.45) is 22.5 Å². The summed E-state index contributed by atoms with van der Waals surface area (Å²) in [5.41, 5.74) is 4.24. The van der Waals surface area contributed by atoms with Crippen molar-refractivity contribution in [3.8, 4) is 0 Å². The van der Waals surface area contributed by atoms with Crippen LogP contribution in [0.1, 0.15) is 39.5 Å². The molecule has 2 rings (SSSR count). The number of hydrogen-bond acceptors (Lipinski definition) is 7. The number of nitrogens with two attached hydrogens (primary N) is 1. The average Bonchev–Trinajstić information content (AvgIpc) is 2.90. The van der Waals surface area contributed by atoms with Gasteiger partial charge in [-0.1, -0.05) is 13.8 Å². The Balaban J connectivity index is 0.000000276. The summed E-state index contributed by atoms with van der Waals surface area (Å²) in [6.45, 7) is 4.53. The van der Waals surface area contributed by atoms with Gasteiger partial charge in [-0.25, -0.2) is 0 Å². The standard InChI is InChI=1S/C10H16O4S.C6H17NO3Si/c1-9(2)7-3-4-10(9,8(11)5-7)6-15(12,13)14;1-8-11(9-2,10-3)6-4-5-7/h7H,3-6H2,1-2H3,(H,12,13,14);4-7H2,1-3H3. The van der Waals surface area contributed by atoms with E-state index < -0.39 is 30.1 Å². The predicted octanol–water partition coefficient (Wildman–Crippen LogP) is 1.48. The third-order valence-corrected chi connectivity index (χ3v) is 9.88. The van der Waals surface area contributed by atoms with Gasteiger partial charge in [0.15, 0.2) is 0 Å². The summed E-state index contributed by atoms with van der Waals surface area (Å²) >= 11 is 0. The van der Waals surface area contributed by atoms with Gasteiger partial charge in [-0.05, 0) is 37.1 Å². The molecular formula is C16H33NO7SSi. The highest BCUT2D eigenvalue weighted by molar-refractivity contribution is 7.85. The van der Waals surface area contributed by atoms with Crippen molar-refractivity contribution in [2.75, 3.05) is 33.6 Å². The number of carbonyl (C=O) groups excluding carboxylic acids is 1. The topological polar surface area (TPSA) is 125 Å². The van der Waals surface area contributed by atoms with Crippen molar-refractivity contribution in [1.29, 1.82) is 0 Å². The zero-order chi connectivity index (χ0) is 20.2. The van der Waals surface area contributed by atoms with Gasteiger partial charge in [-0.3, -0.25) is 9.35 Å². The molecule has 3 N–H and O–H groups in total. The largest absolute Gasteiger partial charge is 0.500 e. The Morgan fingerprint density at radius 1 is 1.23 bits per heavy atom. The van der Waals surface area contributed by atoms with Crippen LogP contribution in [-0.2, 0) is 28.2 Å². The lowest BCUT2D eigenvalue weighted by atomic mass is 9.70. The van der Waals surface area contributed by atoms with Crippen LogP contribution in [0.4, 0.5) is 0 Å². The highest BCUT2D eigenvalue weighted by Crippen LogP contribution is 2.64. The Hall–Kier alpha value is -0.363. The van der Waals surface area contributed by atoms with Crippen LogP contribution in [0.15, 0.2) is 0 Å². The normalized spacial score (nSPS) is 27.3. The maximum absolute atomic E-state index is 11.9. The summed E-state index contributed by atoms with van der Waals surface area (Å²) in [6.07, 6.45) is 2.85. The molecule has 8 nitrogen and oxygen atoms in total. The molecule has 2 aliphatic rings. The molecule has 2 unspecified atom stereocenters. The van der Waals surface area contributed by atoms with E-state index in [2.05, 4.69) is 0 Å². The number of hydrogen-bond donors (Lipinski definition) is 2. The maximum atomic E-state index is 11.9. The van der Waals surface area contributed by atoms with Crippen LogP contribution in [-0.4, -0.2) is 61.2 Å². The lowest BCUT2D eigenvalue weighted by molar-refractivity contribution is -0.128. The summed E-state index contributed by atoms with van der Waals surface area (Å²) in [7, 11) is -1.57. The van der Waals surface area contributed by atoms with E-state index in [-0.39, 0.29) is 17.1 Å². The molecule has 0 aliphatic heterocycles. The molecule has 0 aromatic heterocycles. The van der Waals surface area contributed by atoms with Crippen LogP contribution >= 0.6 is 0 Å². The molecule has 2 atom stereocenters. The van der Waals surface area contributed by atoms with Gasteiger partial charge in [0, 0.05) is 33.8 Å². The zero-order valence-electron chi connectivity index (χ0n) is 16.4. The smallest absolute Gasteiger partial charge is 0.377 e. The number of ketones is 1. The molecule has 154 valence electrons. The SMILES string of the molecule is CC1(C)C2CCC1(CS(=O)(=O)O)C(=O)C2.CO[Si](CCCN)(OC)OC. The fourth-order valence-corrected chi connectivity index (χ4v) is 7.34. The van der Waals surface area contributed by atoms with Crippen LogP contribution in [0, 0.1) is 16.7 Å². The molecule has 2 fully saturated rings. The lowest BCUT2D eigenvalue weighted by Gasteiger charge is -2.35. The molecule has 0 aromatic rings. The molecular weight excluding hydrogens is 378 g/mol. The highest BCUT2D eigenvalue weighted by Gasteiger charge is 2.65. The number of rotatable bonds is 8. The molecule has 2 aliphatic carbocycles. The zero-order valence-corrected chi connectivity index (χ0v) is 18.2. The van der Waals surface area contributed by atoms with Gasteiger partial charge in [-0.2, -0.15) is 8.42 Å². The second-order valence-corrected chi connectivity index (χ2v) is 12.1. The summed E-state index contributed by atoms with van der Waals surface area (Å²) < 4.78 is 46.5. The number of carbonyl (C=O) groups is 1. The molecule has 0 aromatic carbocycles. The summed E-state index contributed by atoms with van der Waals surface area (Å²) in [6, 6.07) is 0.785. The van der Waals surface area contributed by atoms with Crippen LogP contribution in [0.25, 0.3) is 0 Å². The minimum atomic E-state index is -4.08. The quantitative estimate of drug-likeness (QED) is 0.454. The number of fused-ring (bicyclic) bond motifs is 2. The summed E-state index contributed by atoms with van der Waals surface area (Å²) in [4.78, 5) is 11.9. The lowest BCUT2D eigenvalue weighted by Crippen LogP contribution is -2.42. The first kappa shape index (κ1) is 23.7. The van der Waals surface area contributed by atoms with Gasteiger partial charge >= 0.3 is 8.80 Å². The van der Waals surface area contributed by atoms with Gasteiger partial charge in [0.05, 0.1) is 11.2 Å². The summed E-state index contributed by atoms with van der Waals surface area (Å²) in [5.74, 6) is -0.101. The molecule has 0 heterocycles. The van der Waals surface area contributed by atoms with Gasteiger partial charge < -0.3 is 19.0 Å². The van der Waals surface area contributed by atoms with Crippen molar-refractivity contribution in [2.45, 2.75) is 45.6 Å². The maximum Gasteiger partial charge on any atom is 0.500 e. The van der Waals surface area contributed by atoms with E-state index in [4.69, 9.17) is 23.6 Å². The van der Waals surface area contributed by atoms with Crippen molar-refractivity contribution in [3.63, 3.8) is 0 Å².